The highest BCUT2D eigenvalue weighted by Crippen LogP contribution is 2.38. The Morgan fingerprint density at radius 3 is 0.950 bits per heavy atom. The third-order valence-electron chi connectivity index (χ3n) is 11.0. The molecule has 0 atom stereocenters. The normalized spacial score (nSPS) is 16.0. The average Bonchev–Trinajstić information content (AvgIpc) is 3.30. The van der Waals surface area contributed by atoms with Crippen LogP contribution in [0.2, 0.25) is 0 Å². The summed E-state index contributed by atoms with van der Waals surface area (Å²) < 4.78 is 37.9. The van der Waals surface area contributed by atoms with E-state index in [1.807, 2.05) is 18.2 Å². The summed E-state index contributed by atoms with van der Waals surface area (Å²) in [4.78, 5) is 0. The first-order valence-corrected chi connectivity index (χ1v) is 22.0. The molecule has 6 aromatic carbocycles. The van der Waals surface area contributed by atoms with Gasteiger partial charge in [-0.2, -0.15) is 0 Å². The zero-order valence-electron chi connectivity index (χ0n) is 35.0. The predicted octanol–water partition coefficient (Wildman–Crippen LogP) is 13.3. The van der Waals surface area contributed by atoms with E-state index in [9.17, 15) is 0 Å². The maximum atomic E-state index is 6.71. The van der Waals surface area contributed by atoms with E-state index in [1.54, 1.807) is 0 Å². The molecule has 0 aliphatic carbocycles. The molecule has 0 radical (unpaired) electrons. The van der Waals surface area contributed by atoms with Crippen LogP contribution in [0.25, 0.3) is 33.4 Å². The van der Waals surface area contributed by atoms with Crippen LogP contribution in [-0.2, 0) is 34.0 Å². The quantitative estimate of drug-likeness (QED) is 0.152. The number of hydrogen-bond donors (Lipinski definition) is 0. The van der Waals surface area contributed by atoms with E-state index in [-0.39, 0.29) is 0 Å². The molecule has 1 heterocycles. The standard InChI is InChI=1S/C54H60O6/c1-16-34-55-36-18-2-20-38-57-40-43-22-4-7-25-46(43)50-29-11-14-32-53(50)59-42-45-24-6-9-27-48(45)51-30-12-15-33-54(51)60-41-44-23-5-8-26-47(44)49-28-10-13-31-52(49)58-39-21-3-19-37-56-35-17-1/h4-15,22-33H,1-3,16-21,34-42H2. The molecule has 0 bridgehead atoms. The molecule has 0 saturated heterocycles. The Morgan fingerprint density at radius 2 is 0.533 bits per heavy atom. The number of hydrogen-bond acceptors (Lipinski definition) is 6. The molecule has 6 heteroatoms. The first-order valence-electron chi connectivity index (χ1n) is 22.0. The van der Waals surface area contributed by atoms with Gasteiger partial charge in [-0.25, -0.2) is 0 Å². The molecule has 0 N–H and O–H groups in total. The van der Waals surface area contributed by atoms with Crippen molar-refractivity contribution in [3.63, 3.8) is 0 Å². The van der Waals surface area contributed by atoms with E-state index in [1.165, 1.54) is 0 Å². The average molecular weight is 805 g/mol. The van der Waals surface area contributed by atoms with Gasteiger partial charge in [-0.1, -0.05) is 127 Å². The van der Waals surface area contributed by atoms with E-state index in [4.69, 9.17) is 28.4 Å². The highest BCUT2D eigenvalue weighted by Gasteiger charge is 2.16. The van der Waals surface area contributed by atoms with E-state index in [0.29, 0.717) is 26.4 Å². The number of rotatable bonds is 0. The zero-order valence-corrected chi connectivity index (χ0v) is 35.0. The molecular formula is C54H60O6. The number of benzene rings is 6. The molecule has 0 spiro atoms. The third kappa shape index (κ3) is 12.6. The molecule has 0 aromatic heterocycles. The van der Waals surface area contributed by atoms with Crippen molar-refractivity contribution >= 4 is 0 Å². The van der Waals surface area contributed by atoms with Crippen LogP contribution >= 0.6 is 0 Å². The molecule has 6 nitrogen and oxygen atoms in total. The molecule has 60 heavy (non-hydrogen) atoms. The second-order valence-corrected chi connectivity index (χ2v) is 15.3. The Kier molecular flexibility index (Phi) is 17.1. The highest BCUT2D eigenvalue weighted by molar-refractivity contribution is 5.76. The van der Waals surface area contributed by atoms with E-state index in [0.717, 1.165) is 158 Å². The molecule has 0 amide bonds. The van der Waals surface area contributed by atoms with Crippen molar-refractivity contribution in [2.45, 2.75) is 77.6 Å². The zero-order chi connectivity index (χ0) is 40.9. The summed E-state index contributed by atoms with van der Waals surface area (Å²) in [5.41, 5.74) is 9.77. The minimum Gasteiger partial charge on any atom is -0.493 e. The Bertz CT molecular complexity index is 2020. The second-order valence-electron chi connectivity index (χ2n) is 15.3. The van der Waals surface area contributed by atoms with Crippen molar-refractivity contribution in [1.82, 2.24) is 0 Å². The van der Waals surface area contributed by atoms with Gasteiger partial charge in [-0.3, -0.25) is 0 Å². The van der Waals surface area contributed by atoms with Gasteiger partial charge in [-0.15, -0.1) is 0 Å². The Hall–Kier alpha value is -5.40. The fourth-order valence-electron chi connectivity index (χ4n) is 7.70. The minimum atomic E-state index is 0.400. The third-order valence-corrected chi connectivity index (χ3v) is 11.0. The van der Waals surface area contributed by atoms with Gasteiger partial charge in [-0.05, 0) is 109 Å². The summed E-state index contributed by atoms with van der Waals surface area (Å²) >= 11 is 0. The summed E-state index contributed by atoms with van der Waals surface area (Å²) in [7, 11) is 0. The van der Waals surface area contributed by atoms with Gasteiger partial charge in [0.2, 0.25) is 0 Å². The first kappa shape index (κ1) is 42.7. The molecule has 1 aliphatic rings. The number of ether oxygens (including phenoxy) is 6. The van der Waals surface area contributed by atoms with Crippen LogP contribution in [0.4, 0.5) is 0 Å². The van der Waals surface area contributed by atoms with Crippen molar-refractivity contribution < 1.29 is 28.4 Å². The smallest absolute Gasteiger partial charge is 0.127 e. The topological polar surface area (TPSA) is 55.4 Å². The van der Waals surface area contributed by atoms with E-state index in [2.05, 4.69) is 127 Å². The van der Waals surface area contributed by atoms with Crippen LogP contribution in [0.3, 0.4) is 0 Å². The lowest BCUT2D eigenvalue weighted by Gasteiger charge is -2.18. The van der Waals surface area contributed by atoms with Gasteiger partial charge in [0.05, 0.1) is 13.2 Å². The van der Waals surface area contributed by atoms with Crippen LogP contribution in [0.5, 0.6) is 17.2 Å². The predicted molar refractivity (Wildman–Crippen MR) is 243 cm³/mol. The summed E-state index contributed by atoms with van der Waals surface area (Å²) in [6.45, 7) is 5.99. The van der Waals surface area contributed by atoms with Crippen molar-refractivity contribution in [1.29, 1.82) is 0 Å². The van der Waals surface area contributed by atoms with Crippen molar-refractivity contribution in [3.8, 4) is 50.6 Å². The van der Waals surface area contributed by atoms with Crippen molar-refractivity contribution in [3.05, 3.63) is 162 Å². The summed E-state index contributed by atoms with van der Waals surface area (Å²) in [6.07, 6.45) is 9.56. The first-order chi connectivity index (χ1) is 29.8. The van der Waals surface area contributed by atoms with E-state index < -0.39 is 0 Å². The lowest BCUT2D eigenvalue weighted by Crippen LogP contribution is -2.04. The van der Waals surface area contributed by atoms with Crippen LogP contribution in [0, 0.1) is 0 Å². The van der Waals surface area contributed by atoms with Crippen LogP contribution in [-0.4, -0.2) is 39.6 Å². The summed E-state index contributed by atoms with van der Waals surface area (Å²) in [6, 6.07) is 50.3. The molecule has 0 saturated carbocycles. The van der Waals surface area contributed by atoms with Crippen molar-refractivity contribution in [2.75, 3.05) is 39.6 Å². The number of fused-ring (bicyclic) bond motifs is 9. The Balaban J connectivity index is 1.09. The molecule has 0 unspecified atom stereocenters. The molecule has 0 fully saturated rings. The Morgan fingerprint density at radius 1 is 0.233 bits per heavy atom. The monoisotopic (exact) mass is 804 g/mol. The second kappa shape index (κ2) is 24.0. The molecular weight excluding hydrogens is 745 g/mol. The maximum absolute atomic E-state index is 6.71. The van der Waals surface area contributed by atoms with Gasteiger partial charge in [0.15, 0.2) is 0 Å². The lowest BCUT2D eigenvalue weighted by molar-refractivity contribution is 0.102. The SMILES string of the molecule is c1ccc2c(c1)COCCCCCOCCCCCOCCCCCOc1ccccc1-c1ccccc1COc1ccccc1-c1ccccc1COc1ccccc1-2. The van der Waals surface area contributed by atoms with Gasteiger partial charge < -0.3 is 28.4 Å². The highest BCUT2D eigenvalue weighted by atomic mass is 16.5. The van der Waals surface area contributed by atoms with Gasteiger partial charge >= 0.3 is 0 Å². The lowest BCUT2D eigenvalue weighted by atomic mass is 9.98. The van der Waals surface area contributed by atoms with Gasteiger partial charge in [0.1, 0.15) is 30.5 Å². The summed E-state index contributed by atoms with van der Waals surface area (Å²) in [5, 5.41) is 0. The van der Waals surface area contributed by atoms with Crippen molar-refractivity contribution in [2.24, 2.45) is 0 Å². The molecule has 7 rings (SSSR count). The fourth-order valence-corrected chi connectivity index (χ4v) is 7.70. The molecule has 6 aromatic rings. The van der Waals surface area contributed by atoms with Gasteiger partial charge in [0.25, 0.3) is 0 Å². The van der Waals surface area contributed by atoms with E-state index >= 15 is 0 Å². The maximum Gasteiger partial charge on any atom is 0.127 e. The van der Waals surface area contributed by atoms with Crippen LogP contribution in [0.1, 0.15) is 74.5 Å². The Labute approximate surface area is 357 Å². The van der Waals surface area contributed by atoms with Crippen LogP contribution in [0.15, 0.2) is 146 Å². The molecule has 1 aliphatic heterocycles. The fraction of sp³-hybridized carbons (Fsp3) is 0.333. The summed E-state index contributed by atoms with van der Waals surface area (Å²) in [5.74, 6) is 2.54. The van der Waals surface area contributed by atoms with Crippen LogP contribution < -0.4 is 14.2 Å². The largest absolute Gasteiger partial charge is 0.493 e. The minimum absolute atomic E-state index is 0.400. The van der Waals surface area contributed by atoms with Gasteiger partial charge in [0, 0.05) is 49.7 Å². The number of para-hydroxylation sites is 3. The molecule has 312 valence electrons.